The maximum Gasteiger partial charge on any atom is 0.261 e. The Hall–Kier alpha value is -2.50. The first-order valence-corrected chi connectivity index (χ1v) is 7.56. The van der Waals surface area contributed by atoms with E-state index in [1.807, 2.05) is 29.8 Å². The van der Waals surface area contributed by atoms with Crippen molar-refractivity contribution in [3.05, 3.63) is 53.1 Å². The summed E-state index contributed by atoms with van der Waals surface area (Å²) in [6, 6.07) is 7.17. The molecule has 0 bridgehead atoms. The van der Waals surface area contributed by atoms with Crippen molar-refractivity contribution >= 4 is 10.9 Å². The molecular formula is C16H19N5O. The number of aromatic nitrogens is 5. The quantitative estimate of drug-likeness (QED) is 0.725. The monoisotopic (exact) mass is 297 g/mol. The van der Waals surface area contributed by atoms with Crippen molar-refractivity contribution in [3.63, 3.8) is 0 Å². The van der Waals surface area contributed by atoms with Crippen LogP contribution >= 0.6 is 0 Å². The molecule has 0 N–H and O–H groups in total. The number of hydrogen-bond donors (Lipinski definition) is 0. The van der Waals surface area contributed by atoms with Gasteiger partial charge in [0.05, 0.1) is 23.3 Å². The zero-order valence-electron chi connectivity index (χ0n) is 12.8. The fourth-order valence-corrected chi connectivity index (χ4v) is 2.56. The van der Waals surface area contributed by atoms with Crippen molar-refractivity contribution in [1.82, 2.24) is 24.3 Å². The van der Waals surface area contributed by atoms with Gasteiger partial charge in [-0.3, -0.25) is 9.36 Å². The minimum absolute atomic E-state index is 0.0526. The fourth-order valence-electron chi connectivity index (χ4n) is 2.56. The largest absolute Gasteiger partial charge is 0.288 e. The van der Waals surface area contributed by atoms with Crippen molar-refractivity contribution in [2.75, 3.05) is 0 Å². The molecule has 2 aromatic heterocycles. The molecule has 0 saturated heterocycles. The highest BCUT2D eigenvalue weighted by molar-refractivity contribution is 5.76. The van der Waals surface area contributed by atoms with Crippen molar-refractivity contribution < 1.29 is 0 Å². The highest BCUT2D eigenvalue weighted by atomic mass is 16.1. The first-order chi connectivity index (χ1) is 10.7. The van der Waals surface area contributed by atoms with Gasteiger partial charge in [-0.25, -0.2) is 14.6 Å². The Morgan fingerprint density at radius 3 is 2.86 bits per heavy atom. The lowest BCUT2D eigenvalue weighted by atomic mass is 10.2. The Labute approximate surface area is 128 Å². The van der Waals surface area contributed by atoms with Gasteiger partial charge in [0.15, 0.2) is 0 Å². The van der Waals surface area contributed by atoms with Crippen LogP contribution in [0.25, 0.3) is 10.9 Å². The van der Waals surface area contributed by atoms with Crippen molar-refractivity contribution in [2.24, 2.45) is 0 Å². The Morgan fingerprint density at radius 2 is 2.05 bits per heavy atom. The molecule has 0 aliphatic rings. The van der Waals surface area contributed by atoms with Gasteiger partial charge in [0.2, 0.25) is 0 Å². The van der Waals surface area contributed by atoms with Crippen LogP contribution in [0.4, 0.5) is 0 Å². The summed E-state index contributed by atoms with van der Waals surface area (Å²) >= 11 is 0. The maximum absolute atomic E-state index is 12.7. The number of benzene rings is 1. The van der Waals surface area contributed by atoms with E-state index in [0.29, 0.717) is 10.9 Å². The fraction of sp³-hybridized carbons (Fsp3) is 0.375. The topological polar surface area (TPSA) is 65.6 Å². The van der Waals surface area contributed by atoms with Crippen LogP contribution in [0.2, 0.25) is 0 Å². The number of para-hydroxylation sites is 1. The lowest BCUT2D eigenvalue weighted by Crippen LogP contribution is -2.26. The van der Waals surface area contributed by atoms with Crippen LogP contribution in [0.3, 0.4) is 0 Å². The van der Waals surface area contributed by atoms with Gasteiger partial charge < -0.3 is 0 Å². The number of unbranched alkanes of at least 4 members (excludes halogenated alkanes) is 1. The molecule has 0 spiro atoms. The molecule has 0 radical (unpaired) electrons. The van der Waals surface area contributed by atoms with Crippen molar-refractivity contribution in [1.29, 1.82) is 0 Å². The van der Waals surface area contributed by atoms with E-state index in [4.69, 9.17) is 0 Å². The van der Waals surface area contributed by atoms with E-state index in [2.05, 4.69) is 22.0 Å². The summed E-state index contributed by atoms with van der Waals surface area (Å²) in [5.74, 6) is 0.785. The van der Waals surface area contributed by atoms with Crippen LogP contribution in [-0.2, 0) is 6.54 Å². The minimum atomic E-state index is -0.205. The molecule has 1 atom stereocenters. The molecule has 1 unspecified atom stereocenters. The van der Waals surface area contributed by atoms with Gasteiger partial charge in [-0.1, -0.05) is 25.5 Å². The SMILES string of the molecule is CCCCn1ncnc1C(C)n1cnc2ccccc2c1=O. The number of nitrogens with zero attached hydrogens (tertiary/aromatic N) is 5. The molecule has 3 aromatic rings. The van der Waals surface area contributed by atoms with E-state index < -0.39 is 0 Å². The lowest BCUT2D eigenvalue weighted by molar-refractivity contribution is 0.486. The van der Waals surface area contributed by atoms with Crippen LogP contribution in [0.15, 0.2) is 41.7 Å². The average molecular weight is 297 g/mol. The van der Waals surface area contributed by atoms with E-state index in [9.17, 15) is 4.79 Å². The third-order valence-electron chi connectivity index (χ3n) is 3.85. The lowest BCUT2D eigenvalue weighted by Gasteiger charge is -2.15. The third kappa shape index (κ3) is 2.52. The maximum atomic E-state index is 12.7. The summed E-state index contributed by atoms with van der Waals surface area (Å²) in [6.07, 6.45) is 5.26. The average Bonchev–Trinajstić information content (AvgIpc) is 3.01. The number of hydrogen-bond acceptors (Lipinski definition) is 4. The van der Waals surface area contributed by atoms with E-state index in [1.54, 1.807) is 23.3 Å². The molecule has 22 heavy (non-hydrogen) atoms. The normalized spacial score (nSPS) is 12.6. The smallest absolute Gasteiger partial charge is 0.261 e. The molecule has 0 aliphatic heterocycles. The summed E-state index contributed by atoms with van der Waals surface area (Å²) in [7, 11) is 0. The standard InChI is InChI=1S/C16H19N5O/c1-3-4-9-21-15(17-10-19-21)12(2)20-11-18-14-8-6-5-7-13(14)16(20)22/h5-8,10-12H,3-4,9H2,1-2H3. The van der Waals surface area contributed by atoms with Crippen LogP contribution in [0.5, 0.6) is 0 Å². The van der Waals surface area contributed by atoms with Gasteiger partial charge in [-0.05, 0) is 25.5 Å². The van der Waals surface area contributed by atoms with E-state index in [0.717, 1.165) is 25.2 Å². The van der Waals surface area contributed by atoms with Gasteiger partial charge in [0, 0.05) is 6.54 Å². The van der Waals surface area contributed by atoms with E-state index in [1.165, 1.54) is 0 Å². The number of rotatable bonds is 5. The molecule has 0 fully saturated rings. The second kappa shape index (κ2) is 6.09. The molecule has 0 aliphatic carbocycles. The van der Waals surface area contributed by atoms with E-state index in [-0.39, 0.29) is 11.6 Å². The summed E-state index contributed by atoms with van der Waals surface area (Å²) in [5.41, 5.74) is 0.659. The van der Waals surface area contributed by atoms with Crippen molar-refractivity contribution in [3.8, 4) is 0 Å². The Kier molecular flexibility index (Phi) is 4.00. The highest BCUT2D eigenvalue weighted by Crippen LogP contribution is 2.15. The second-order valence-corrected chi connectivity index (χ2v) is 5.35. The van der Waals surface area contributed by atoms with Gasteiger partial charge >= 0.3 is 0 Å². The highest BCUT2D eigenvalue weighted by Gasteiger charge is 2.17. The Bertz CT molecular complexity index is 836. The molecule has 1 aromatic carbocycles. The van der Waals surface area contributed by atoms with E-state index >= 15 is 0 Å². The van der Waals surface area contributed by atoms with Crippen molar-refractivity contribution in [2.45, 2.75) is 39.3 Å². The van der Waals surface area contributed by atoms with Crippen LogP contribution in [0.1, 0.15) is 38.6 Å². The molecular weight excluding hydrogens is 278 g/mol. The molecule has 0 amide bonds. The summed E-state index contributed by atoms with van der Waals surface area (Å²) in [4.78, 5) is 21.4. The Balaban J connectivity index is 2.02. The third-order valence-corrected chi connectivity index (χ3v) is 3.85. The van der Waals surface area contributed by atoms with Gasteiger partial charge in [-0.15, -0.1) is 0 Å². The molecule has 2 heterocycles. The van der Waals surface area contributed by atoms with Crippen LogP contribution in [-0.4, -0.2) is 24.3 Å². The molecule has 3 rings (SSSR count). The molecule has 0 saturated carbocycles. The van der Waals surface area contributed by atoms with Gasteiger partial charge in [-0.2, -0.15) is 5.10 Å². The van der Waals surface area contributed by atoms with Gasteiger partial charge in [0.25, 0.3) is 5.56 Å². The number of fused-ring (bicyclic) bond motifs is 1. The predicted octanol–water partition coefficient (Wildman–Crippen LogP) is 2.40. The summed E-state index contributed by atoms with van der Waals surface area (Å²) in [5, 5.41) is 4.88. The molecule has 114 valence electrons. The summed E-state index contributed by atoms with van der Waals surface area (Å²) in [6.45, 7) is 4.90. The Morgan fingerprint density at radius 1 is 1.23 bits per heavy atom. The summed E-state index contributed by atoms with van der Waals surface area (Å²) < 4.78 is 3.49. The zero-order chi connectivity index (χ0) is 15.5. The van der Waals surface area contributed by atoms with Gasteiger partial charge in [0.1, 0.15) is 12.2 Å². The van der Waals surface area contributed by atoms with Crippen LogP contribution < -0.4 is 5.56 Å². The second-order valence-electron chi connectivity index (χ2n) is 5.35. The first kappa shape index (κ1) is 14.4. The predicted molar refractivity (Wildman–Crippen MR) is 84.7 cm³/mol. The first-order valence-electron chi connectivity index (χ1n) is 7.56. The number of aryl methyl sites for hydroxylation is 1. The molecule has 6 nitrogen and oxygen atoms in total. The molecule has 6 heteroatoms. The van der Waals surface area contributed by atoms with Crippen LogP contribution in [0, 0.1) is 0 Å². The zero-order valence-corrected chi connectivity index (χ0v) is 12.8. The minimum Gasteiger partial charge on any atom is -0.288 e.